The van der Waals surface area contributed by atoms with E-state index < -0.39 is 24.4 Å². The summed E-state index contributed by atoms with van der Waals surface area (Å²) in [5.74, 6) is 0.366. The predicted molar refractivity (Wildman–Crippen MR) is 81.3 cm³/mol. The van der Waals surface area contributed by atoms with Crippen LogP contribution in [0.2, 0.25) is 0 Å². The van der Waals surface area contributed by atoms with Crippen molar-refractivity contribution in [3.8, 4) is 0 Å². The lowest BCUT2D eigenvalue weighted by Crippen LogP contribution is -2.40. The summed E-state index contributed by atoms with van der Waals surface area (Å²) in [7, 11) is 0. The second-order valence-electron chi connectivity index (χ2n) is 6.95. The molecule has 1 aliphatic heterocycles. The molecule has 1 aromatic heterocycles. The molecule has 6 nitrogen and oxygen atoms in total. The fraction of sp³-hybridized carbons (Fsp3) is 0.733. The van der Waals surface area contributed by atoms with Crippen LogP contribution in [0, 0.1) is 0 Å². The summed E-state index contributed by atoms with van der Waals surface area (Å²) >= 11 is 0. The lowest BCUT2D eigenvalue weighted by atomic mass is 10.2. The van der Waals surface area contributed by atoms with Gasteiger partial charge in [0.05, 0.1) is 6.54 Å². The highest BCUT2D eigenvalue weighted by Gasteiger charge is 2.30. The standard InChI is InChI=1S/C15H23F3N4O2/c1-14(2,3)24-13(23)20-11-4-6-21(8-11)9-12-19-5-7-22(12)10-15(16,17)18/h5,7,11H,4,6,8-10H2,1-3H3,(H,20,23). The van der Waals surface area contributed by atoms with Crippen molar-refractivity contribution < 1.29 is 22.7 Å². The van der Waals surface area contributed by atoms with Gasteiger partial charge in [0.1, 0.15) is 18.0 Å². The van der Waals surface area contributed by atoms with Crippen molar-refractivity contribution in [3.63, 3.8) is 0 Å². The molecule has 0 spiro atoms. The number of aromatic nitrogens is 2. The van der Waals surface area contributed by atoms with Crippen LogP contribution >= 0.6 is 0 Å². The second kappa shape index (κ2) is 7.00. The molecular weight excluding hydrogens is 325 g/mol. The molecule has 2 rings (SSSR count). The van der Waals surface area contributed by atoms with E-state index in [9.17, 15) is 18.0 Å². The van der Waals surface area contributed by atoms with E-state index in [-0.39, 0.29) is 6.04 Å². The summed E-state index contributed by atoms with van der Waals surface area (Å²) < 4.78 is 43.9. The molecule has 0 bridgehead atoms. The van der Waals surface area contributed by atoms with Crippen molar-refractivity contribution in [2.45, 2.75) is 58.1 Å². The molecule has 1 atom stereocenters. The zero-order valence-corrected chi connectivity index (χ0v) is 14.1. The van der Waals surface area contributed by atoms with Gasteiger partial charge in [0.25, 0.3) is 0 Å². The molecule has 1 amide bonds. The van der Waals surface area contributed by atoms with Crippen molar-refractivity contribution in [1.82, 2.24) is 19.8 Å². The molecule has 2 heterocycles. The topological polar surface area (TPSA) is 59.4 Å². The molecular formula is C15H23F3N4O2. The maximum Gasteiger partial charge on any atom is 0.407 e. The molecule has 1 aliphatic rings. The van der Waals surface area contributed by atoms with Crippen LogP contribution in [-0.2, 0) is 17.8 Å². The zero-order chi connectivity index (χ0) is 18.0. The minimum absolute atomic E-state index is 0.0779. The first-order chi connectivity index (χ1) is 11.0. The molecule has 0 aromatic carbocycles. The molecule has 1 saturated heterocycles. The average Bonchev–Trinajstić information content (AvgIpc) is 2.96. The van der Waals surface area contributed by atoms with E-state index in [1.165, 1.54) is 12.4 Å². The molecule has 1 aromatic rings. The third-order valence-electron chi connectivity index (χ3n) is 3.51. The Hall–Kier alpha value is -1.77. The van der Waals surface area contributed by atoms with Crippen LogP contribution in [0.15, 0.2) is 12.4 Å². The van der Waals surface area contributed by atoms with Crippen LogP contribution in [0.5, 0.6) is 0 Å². The Morgan fingerprint density at radius 2 is 2.12 bits per heavy atom. The van der Waals surface area contributed by atoms with E-state index in [4.69, 9.17) is 4.74 Å². The summed E-state index contributed by atoms with van der Waals surface area (Å²) in [4.78, 5) is 17.7. The number of carbonyl (C=O) groups is 1. The van der Waals surface area contributed by atoms with Crippen LogP contribution in [-0.4, -0.2) is 51.5 Å². The normalized spacial score (nSPS) is 19.5. The van der Waals surface area contributed by atoms with Crippen LogP contribution < -0.4 is 5.32 Å². The fourth-order valence-electron chi connectivity index (χ4n) is 2.60. The minimum Gasteiger partial charge on any atom is -0.444 e. The summed E-state index contributed by atoms with van der Waals surface area (Å²) in [5, 5.41) is 2.79. The van der Waals surface area contributed by atoms with E-state index in [1.54, 1.807) is 20.8 Å². The van der Waals surface area contributed by atoms with Gasteiger partial charge in [-0.2, -0.15) is 13.2 Å². The number of imidazole rings is 1. The first kappa shape index (κ1) is 18.6. The number of ether oxygens (including phenoxy) is 1. The van der Waals surface area contributed by atoms with Crippen molar-refractivity contribution >= 4 is 6.09 Å². The molecule has 1 fully saturated rings. The highest BCUT2D eigenvalue weighted by Crippen LogP contribution is 2.20. The number of hydrogen-bond acceptors (Lipinski definition) is 4. The highest BCUT2D eigenvalue weighted by molar-refractivity contribution is 5.68. The lowest BCUT2D eigenvalue weighted by Gasteiger charge is -2.22. The molecule has 9 heteroatoms. The van der Waals surface area contributed by atoms with E-state index in [0.29, 0.717) is 25.5 Å². The fourth-order valence-corrected chi connectivity index (χ4v) is 2.60. The van der Waals surface area contributed by atoms with Gasteiger partial charge in [-0.3, -0.25) is 4.90 Å². The number of nitrogens with zero attached hydrogens (tertiary/aromatic N) is 3. The summed E-state index contributed by atoms with van der Waals surface area (Å²) in [5.41, 5.74) is -0.565. The lowest BCUT2D eigenvalue weighted by molar-refractivity contribution is -0.141. The van der Waals surface area contributed by atoms with E-state index in [1.807, 2.05) is 4.90 Å². The quantitative estimate of drug-likeness (QED) is 0.908. The number of amides is 1. The maximum absolute atomic E-state index is 12.5. The number of hydrogen-bond donors (Lipinski definition) is 1. The van der Waals surface area contributed by atoms with Crippen LogP contribution in [0.4, 0.5) is 18.0 Å². The number of nitrogens with one attached hydrogen (secondary N) is 1. The number of alkyl carbamates (subject to hydrolysis) is 1. The predicted octanol–water partition coefficient (Wildman–Crippen LogP) is 2.54. The SMILES string of the molecule is CC(C)(C)OC(=O)NC1CCN(Cc2nccn2CC(F)(F)F)C1. The van der Waals surface area contributed by atoms with Gasteiger partial charge in [0.15, 0.2) is 0 Å². The average molecular weight is 348 g/mol. The van der Waals surface area contributed by atoms with E-state index >= 15 is 0 Å². The Morgan fingerprint density at radius 1 is 1.42 bits per heavy atom. The van der Waals surface area contributed by atoms with Crippen molar-refractivity contribution in [2.75, 3.05) is 13.1 Å². The summed E-state index contributed by atoms with van der Waals surface area (Å²) in [6, 6.07) is -0.0779. The molecule has 136 valence electrons. The molecule has 24 heavy (non-hydrogen) atoms. The van der Waals surface area contributed by atoms with Gasteiger partial charge in [-0.15, -0.1) is 0 Å². The largest absolute Gasteiger partial charge is 0.444 e. The van der Waals surface area contributed by atoms with Gasteiger partial charge in [-0.25, -0.2) is 9.78 Å². The van der Waals surface area contributed by atoms with Crippen LogP contribution in [0.1, 0.15) is 33.0 Å². The van der Waals surface area contributed by atoms with E-state index in [2.05, 4.69) is 10.3 Å². The van der Waals surface area contributed by atoms with Crippen molar-refractivity contribution in [1.29, 1.82) is 0 Å². The Balaban J connectivity index is 1.84. The van der Waals surface area contributed by atoms with Crippen molar-refractivity contribution in [3.05, 3.63) is 18.2 Å². The minimum atomic E-state index is -4.28. The molecule has 0 saturated carbocycles. The Kier molecular flexibility index (Phi) is 5.42. The number of carbonyl (C=O) groups excluding carboxylic acids is 1. The van der Waals surface area contributed by atoms with Gasteiger partial charge in [-0.1, -0.05) is 0 Å². The first-order valence-electron chi connectivity index (χ1n) is 7.80. The molecule has 0 radical (unpaired) electrons. The number of rotatable bonds is 4. The molecule has 1 N–H and O–H groups in total. The smallest absolute Gasteiger partial charge is 0.407 e. The van der Waals surface area contributed by atoms with Crippen LogP contribution in [0.25, 0.3) is 0 Å². The third kappa shape index (κ3) is 6.03. The molecule has 1 unspecified atom stereocenters. The highest BCUT2D eigenvalue weighted by atomic mass is 19.4. The van der Waals surface area contributed by atoms with Gasteiger partial charge in [0.2, 0.25) is 0 Å². The summed E-state index contributed by atoms with van der Waals surface area (Å²) in [6.07, 6.45) is -1.34. The molecule has 0 aliphatic carbocycles. The van der Waals surface area contributed by atoms with Crippen molar-refractivity contribution in [2.24, 2.45) is 0 Å². The van der Waals surface area contributed by atoms with Gasteiger partial charge in [-0.05, 0) is 27.2 Å². The summed E-state index contributed by atoms with van der Waals surface area (Å²) in [6.45, 7) is 5.86. The Bertz CT molecular complexity index is 566. The van der Waals surface area contributed by atoms with Gasteiger partial charge >= 0.3 is 12.3 Å². The second-order valence-corrected chi connectivity index (χ2v) is 6.95. The maximum atomic E-state index is 12.5. The third-order valence-corrected chi connectivity index (χ3v) is 3.51. The Morgan fingerprint density at radius 3 is 2.75 bits per heavy atom. The van der Waals surface area contributed by atoms with Gasteiger partial charge in [0, 0.05) is 31.5 Å². The number of likely N-dealkylation sites (tertiary alicyclic amines) is 1. The van der Waals surface area contributed by atoms with E-state index in [0.717, 1.165) is 11.0 Å². The van der Waals surface area contributed by atoms with Crippen LogP contribution in [0.3, 0.4) is 0 Å². The zero-order valence-electron chi connectivity index (χ0n) is 14.1. The monoisotopic (exact) mass is 348 g/mol. The Labute approximate surface area is 139 Å². The number of alkyl halides is 3. The number of halogens is 3. The van der Waals surface area contributed by atoms with Gasteiger partial charge < -0.3 is 14.6 Å². The first-order valence-corrected chi connectivity index (χ1v) is 7.80.